The van der Waals surface area contributed by atoms with Gasteiger partial charge in [-0.3, -0.25) is 0 Å². The molecule has 14 rings (SSSR count). The summed E-state index contributed by atoms with van der Waals surface area (Å²) in [7, 11) is 0. The highest BCUT2D eigenvalue weighted by atomic mass is 32.1. The van der Waals surface area contributed by atoms with Crippen molar-refractivity contribution in [1.82, 2.24) is 19.5 Å². The molecule has 0 aliphatic heterocycles. The van der Waals surface area contributed by atoms with E-state index in [1.165, 1.54) is 31.1 Å². The second-order valence-electron chi connectivity index (χ2n) is 16.3. The molecular weight excluding hydrogens is 805 g/mol. The molecule has 0 N–H and O–H groups in total. The van der Waals surface area contributed by atoms with Crippen LogP contribution >= 0.6 is 11.3 Å². The summed E-state index contributed by atoms with van der Waals surface area (Å²) in [4.78, 5) is 16.0. The standard InChI is InChI=1S/C57H32N4O2S/c1-2-13-35(14-3-1)61-44-21-7-4-16-39(44)52-36(18-10-22-45(52)61)33-28-30-47-43(31-33)53-41(19-11-24-48(53)62-47)56-58-55(34-27-29-38-37-15-5-8-23-46(37)63-49(38)32-34)59-57(60-56)42-20-12-26-51-54(42)40-17-6-9-25-50(40)64-51/h1-32H. The minimum Gasteiger partial charge on any atom is -0.456 e. The van der Waals surface area contributed by atoms with E-state index in [4.69, 9.17) is 23.8 Å². The molecule has 0 fully saturated rings. The van der Waals surface area contributed by atoms with E-state index in [2.05, 4.69) is 162 Å². The molecule has 0 bridgehead atoms. The maximum absolute atomic E-state index is 6.64. The fourth-order valence-electron chi connectivity index (χ4n) is 9.87. The highest BCUT2D eigenvalue weighted by Gasteiger charge is 2.22. The maximum Gasteiger partial charge on any atom is 0.164 e. The van der Waals surface area contributed by atoms with Crippen LogP contribution < -0.4 is 0 Å². The zero-order valence-electron chi connectivity index (χ0n) is 34.0. The third-order valence-electron chi connectivity index (χ3n) is 12.7. The zero-order chi connectivity index (χ0) is 41.9. The van der Waals surface area contributed by atoms with Gasteiger partial charge in [0.25, 0.3) is 0 Å². The first-order valence-corrected chi connectivity index (χ1v) is 22.2. The fraction of sp³-hybridized carbons (Fsp3) is 0. The first-order valence-electron chi connectivity index (χ1n) is 21.3. The Morgan fingerprint density at radius 2 is 0.953 bits per heavy atom. The monoisotopic (exact) mass is 836 g/mol. The predicted octanol–water partition coefficient (Wildman–Crippen LogP) is 15.8. The van der Waals surface area contributed by atoms with Gasteiger partial charge in [0, 0.05) is 74.9 Å². The van der Waals surface area contributed by atoms with Crippen LogP contribution in [0.15, 0.2) is 203 Å². The van der Waals surface area contributed by atoms with Gasteiger partial charge in [0.05, 0.1) is 11.0 Å². The molecule has 0 saturated heterocycles. The number of nitrogens with zero attached hydrogens (tertiary/aromatic N) is 4. The molecule has 0 radical (unpaired) electrons. The van der Waals surface area contributed by atoms with Crippen molar-refractivity contribution in [3.8, 4) is 51.0 Å². The molecule has 0 saturated carbocycles. The average Bonchev–Trinajstić information content (AvgIpc) is 4.12. The molecule has 0 amide bonds. The van der Waals surface area contributed by atoms with Gasteiger partial charge in [-0.1, -0.05) is 121 Å². The predicted molar refractivity (Wildman–Crippen MR) is 263 cm³/mol. The number of hydrogen-bond donors (Lipinski definition) is 0. The normalized spacial score (nSPS) is 12.1. The van der Waals surface area contributed by atoms with E-state index in [-0.39, 0.29) is 0 Å². The summed E-state index contributed by atoms with van der Waals surface area (Å²) < 4.78 is 17.8. The van der Waals surface area contributed by atoms with Crippen LogP contribution in [0.1, 0.15) is 0 Å². The van der Waals surface area contributed by atoms with Crippen molar-refractivity contribution in [2.75, 3.05) is 0 Å². The number of hydrogen-bond acceptors (Lipinski definition) is 6. The van der Waals surface area contributed by atoms with E-state index >= 15 is 0 Å². The molecule has 0 unspecified atom stereocenters. The summed E-state index contributed by atoms with van der Waals surface area (Å²) in [5, 5.41) is 8.80. The van der Waals surface area contributed by atoms with E-state index in [9.17, 15) is 0 Å². The van der Waals surface area contributed by atoms with E-state index in [0.29, 0.717) is 17.5 Å². The minimum atomic E-state index is 0.561. The topological polar surface area (TPSA) is 69.9 Å². The van der Waals surface area contributed by atoms with Crippen LogP contribution in [-0.2, 0) is 0 Å². The lowest BCUT2D eigenvalue weighted by Crippen LogP contribution is -2.00. The summed E-state index contributed by atoms with van der Waals surface area (Å²) in [5.41, 5.74) is 11.6. The summed E-state index contributed by atoms with van der Waals surface area (Å²) >= 11 is 1.78. The van der Waals surface area contributed by atoms with Crippen LogP contribution in [0.25, 0.3) is 137 Å². The minimum absolute atomic E-state index is 0.561. The van der Waals surface area contributed by atoms with Crippen molar-refractivity contribution in [3.63, 3.8) is 0 Å². The highest BCUT2D eigenvalue weighted by Crippen LogP contribution is 2.44. The van der Waals surface area contributed by atoms with Crippen LogP contribution in [0.4, 0.5) is 0 Å². The molecule has 298 valence electrons. The molecule has 6 nitrogen and oxygen atoms in total. The zero-order valence-corrected chi connectivity index (χ0v) is 34.8. The quantitative estimate of drug-likeness (QED) is 0.173. The van der Waals surface area contributed by atoms with Crippen LogP contribution in [0.5, 0.6) is 0 Å². The molecular formula is C57H32N4O2S. The van der Waals surface area contributed by atoms with Gasteiger partial charge in [0.1, 0.15) is 22.3 Å². The van der Waals surface area contributed by atoms with Crippen molar-refractivity contribution >= 4 is 97.2 Å². The third-order valence-corrected chi connectivity index (χ3v) is 13.8. The summed E-state index contributed by atoms with van der Waals surface area (Å²) in [6.45, 7) is 0. The van der Waals surface area contributed by atoms with Crippen LogP contribution in [0.3, 0.4) is 0 Å². The summed E-state index contributed by atoms with van der Waals surface area (Å²) in [5.74, 6) is 1.73. The summed E-state index contributed by atoms with van der Waals surface area (Å²) in [6, 6.07) is 67.9. The molecule has 14 aromatic rings. The van der Waals surface area contributed by atoms with E-state index < -0.39 is 0 Å². The van der Waals surface area contributed by atoms with Crippen LogP contribution in [0, 0.1) is 0 Å². The number of para-hydroxylation sites is 3. The Bertz CT molecular complexity index is 4210. The molecule has 0 aliphatic carbocycles. The smallest absolute Gasteiger partial charge is 0.164 e. The van der Waals surface area contributed by atoms with Crippen molar-refractivity contribution < 1.29 is 8.83 Å². The molecule has 0 spiro atoms. The number of rotatable bonds is 5. The van der Waals surface area contributed by atoms with E-state index in [0.717, 1.165) is 88.3 Å². The molecule has 64 heavy (non-hydrogen) atoms. The SMILES string of the molecule is c1ccc(-n2c3ccccc3c3c(-c4ccc5oc6cccc(-c7nc(-c8ccc9c(c8)oc8ccccc89)nc(-c8cccc9sc%10ccccc%10c89)n7)c6c5c4)cccc32)cc1. The van der Waals surface area contributed by atoms with Crippen molar-refractivity contribution in [3.05, 3.63) is 194 Å². The van der Waals surface area contributed by atoms with Gasteiger partial charge >= 0.3 is 0 Å². The summed E-state index contributed by atoms with van der Waals surface area (Å²) in [6.07, 6.45) is 0. The molecule has 5 heterocycles. The molecule has 5 aromatic heterocycles. The van der Waals surface area contributed by atoms with Crippen molar-refractivity contribution in [1.29, 1.82) is 0 Å². The maximum atomic E-state index is 6.64. The average molecular weight is 837 g/mol. The van der Waals surface area contributed by atoms with E-state index in [1.54, 1.807) is 11.3 Å². The van der Waals surface area contributed by atoms with Crippen molar-refractivity contribution in [2.45, 2.75) is 0 Å². The Balaban J connectivity index is 1.01. The lowest BCUT2D eigenvalue weighted by molar-refractivity contribution is 0.668. The Kier molecular flexibility index (Phi) is 7.46. The largest absolute Gasteiger partial charge is 0.456 e. The number of furan rings is 2. The third kappa shape index (κ3) is 5.22. The van der Waals surface area contributed by atoms with Gasteiger partial charge in [0.2, 0.25) is 0 Å². The number of benzene rings is 9. The first kappa shape index (κ1) is 35.2. The Labute approximate surface area is 368 Å². The van der Waals surface area contributed by atoms with Gasteiger partial charge in [0.15, 0.2) is 17.5 Å². The van der Waals surface area contributed by atoms with Gasteiger partial charge in [-0.15, -0.1) is 11.3 Å². The Morgan fingerprint density at radius 1 is 0.344 bits per heavy atom. The van der Waals surface area contributed by atoms with Crippen LogP contribution in [0.2, 0.25) is 0 Å². The number of aromatic nitrogens is 4. The van der Waals surface area contributed by atoms with Gasteiger partial charge in [-0.25, -0.2) is 15.0 Å². The second-order valence-corrected chi connectivity index (χ2v) is 17.4. The van der Waals surface area contributed by atoms with Gasteiger partial charge in [-0.05, 0) is 83.9 Å². The number of fused-ring (bicyclic) bond motifs is 12. The molecule has 0 aliphatic rings. The van der Waals surface area contributed by atoms with Gasteiger partial charge < -0.3 is 13.4 Å². The molecule has 0 atom stereocenters. The Hall–Kier alpha value is -8.39. The second kappa shape index (κ2) is 13.6. The fourth-order valence-corrected chi connectivity index (χ4v) is 11.0. The lowest BCUT2D eigenvalue weighted by Gasteiger charge is -2.11. The first-order chi connectivity index (χ1) is 31.7. The highest BCUT2D eigenvalue weighted by molar-refractivity contribution is 7.25. The molecule has 9 aromatic carbocycles. The van der Waals surface area contributed by atoms with Crippen molar-refractivity contribution in [2.24, 2.45) is 0 Å². The lowest BCUT2D eigenvalue weighted by atomic mass is 9.97. The molecule has 7 heteroatoms. The van der Waals surface area contributed by atoms with Gasteiger partial charge in [-0.2, -0.15) is 0 Å². The number of thiophene rings is 1. The Morgan fingerprint density at radius 3 is 1.84 bits per heavy atom. The van der Waals surface area contributed by atoms with Crippen LogP contribution in [-0.4, -0.2) is 19.5 Å². The van der Waals surface area contributed by atoms with E-state index in [1.807, 2.05) is 36.4 Å².